The molecule has 1 aromatic heterocycles. The molecule has 1 unspecified atom stereocenters. The van der Waals surface area contributed by atoms with Crippen molar-refractivity contribution in [1.29, 1.82) is 0 Å². The molecular formula is C15H25BrN2O2. The van der Waals surface area contributed by atoms with Crippen LogP contribution in [0.2, 0.25) is 0 Å². The van der Waals surface area contributed by atoms with Crippen LogP contribution in [0.25, 0.3) is 0 Å². The van der Waals surface area contributed by atoms with E-state index in [2.05, 4.69) is 39.2 Å². The van der Waals surface area contributed by atoms with E-state index in [4.69, 9.17) is 9.47 Å². The van der Waals surface area contributed by atoms with Crippen LogP contribution in [-0.2, 0) is 15.9 Å². The van der Waals surface area contributed by atoms with E-state index in [1.165, 1.54) is 5.56 Å². The van der Waals surface area contributed by atoms with Crippen LogP contribution in [0, 0.1) is 0 Å². The quantitative estimate of drug-likeness (QED) is 0.627. The van der Waals surface area contributed by atoms with Crippen LogP contribution in [0.5, 0.6) is 0 Å². The molecule has 1 N–H and O–H groups in total. The third-order valence-electron chi connectivity index (χ3n) is 2.97. The van der Waals surface area contributed by atoms with Gasteiger partial charge in [0.2, 0.25) is 0 Å². The Hall–Kier alpha value is -0.490. The van der Waals surface area contributed by atoms with Crippen LogP contribution in [0.1, 0.15) is 25.3 Å². The van der Waals surface area contributed by atoms with E-state index in [0.29, 0.717) is 19.3 Å². The average Bonchev–Trinajstić information content (AvgIpc) is 2.44. The van der Waals surface area contributed by atoms with Gasteiger partial charge in [0.15, 0.2) is 0 Å². The van der Waals surface area contributed by atoms with Crippen molar-refractivity contribution in [2.45, 2.75) is 32.2 Å². The maximum Gasteiger partial charge on any atom is 0.0700 e. The second-order valence-corrected chi connectivity index (χ2v) is 5.68. The summed E-state index contributed by atoms with van der Waals surface area (Å²) in [6.07, 6.45) is 6.84. The van der Waals surface area contributed by atoms with Gasteiger partial charge in [0, 0.05) is 36.6 Å². The first-order valence-corrected chi connectivity index (χ1v) is 7.95. The van der Waals surface area contributed by atoms with Crippen LogP contribution in [-0.4, -0.2) is 44.5 Å². The Kier molecular flexibility index (Phi) is 9.83. The Labute approximate surface area is 130 Å². The molecule has 5 heteroatoms. The summed E-state index contributed by atoms with van der Waals surface area (Å²) in [5.41, 5.74) is 1.24. The highest BCUT2D eigenvalue weighted by Gasteiger charge is 2.09. The van der Waals surface area contributed by atoms with Crippen molar-refractivity contribution in [3.05, 3.63) is 28.5 Å². The van der Waals surface area contributed by atoms with Gasteiger partial charge in [0.05, 0.1) is 13.2 Å². The van der Waals surface area contributed by atoms with E-state index >= 15 is 0 Å². The Morgan fingerprint density at radius 3 is 2.85 bits per heavy atom. The second kappa shape index (κ2) is 11.2. The summed E-state index contributed by atoms with van der Waals surface area (Å²) < 4.78 is 11.6. The molecule has 0 radical (unpaired) electrons. The van der Waals surface area contributed by atoms with Gasteiger partial charge in [-0.15, -0.1) is 0 Å². The van der Waals surface area contributed by atoms with E-state index < -0.39 is 0 Å². The van der Waals surface area contributed by atoms with Crippen molar-refractivity contribution in [2.24, 2.45) is 0 Å². The largest absolute Gasteiger partial charge is 0.382 e. The molecule has 1 rings (SSSR count). The zero-order valence-corrected chi connectivity index (χ0v) is 14.0. The number of hydrogen-bond acceptors (Lipinski definition) is 4. The van der Waals surface area contributed by atoms with Crippen molar-refractivity contribution < 1.29 is 9.47 Å². The van der Waals surface area contributed by atoms with Gasteiger partial charge in [0.1, 0.15) is 0 Å². The summed E-state index contributed by atoms with van der Waals surface area (Å²) in [6.45, 7) is 5.29. The molecule has 0 aromatic carbocycles. The lowest BCUT2D eigenvalue weighted by Gasteiger charge is -2.18. The second-order valence-electron chi connectivity index (χ2n) is 4.76. The summed E-state index contributed by atoms with van der Waals surface area (Å²) in [7, 11) is 1.69. The van der Waals surface area contributed by atoms with E-state index in [1.54, 1.807) is 7.11 Å². The van der Waals surface area contributed by atoms with Gasteiger partial charge in [0.25, 0.3) is 0 Å². The van der Waals surface area contributed by atoms with Gasteiger partial charge in [-0.1, -0.05) is 6.92 Å². The Morgan fingerprint density at radius 1 is 1.30 bits per heavy atom. The van der Waals surface area contributed by atoms with Crippen molar-refractivity contribution in [1.82, 2.24) is 10.3 Å². The molecule has 0 saturated carbocycles. The molecule has 20 heavy (non-hydrogen) atoms. The summed E-state index contributed by atoms with van der Waals surface area (Å²) >= 11 is 3.46. The molecule has 0 aliphatic carbocycles. The molecular weight excluding hydrogens is 320 g/mol. The van der Waals surface area contributed by atoms with Crippen LogP contribution >= 0.6 is 15.9 Å². The molecule has 114 valence electrons. The minimum absolute atomic E-state index is 0.425. The number of hydrogen-bond donors (Lipinski definition) is 1. The fourth-order valence-electron chi connectivity index (χ4n) is 1.95. The van der Waals surface area contributed by atoms with E-state index in [9.17, 15) is 0 Å². The number of ether oxygens (including phenoxy) is 2. The molecule has 1 atom stereocenters. The van der Waals surface area contributed by atoms with Crippen molar-refractivity contribution in [3.8, 4) is 0 Å². The van der Waals surface area contributed by atoms with Crippen LogP contribution in [0.4, 0.5) is 0 Å². The molecule has 1 heterocycles. The highest BCUT2D eigenvalue weighted by Crippen LogP contribution is 2.12. The number of methoxy groups -OCH3 is 1. The molecule has 4 nitrogen and oxygen atoms in total. The Balaban J connectivity index is 2.38. The van der Waals surface area contributed by atoms with Gasteiger partial charge in [-0.2, -0.15) is 0 Å². The van der Waals surface area contributed by atoms with Gasteiger partial charge >= 0.3 is 0 Å². The third-order valence-corrected chi connectivity index (χ3v) is 3.40. The number of rotatable bonds is 11. The molecule has 0 aliphatic heterocycles. The molecule has 1 aromatic rings. The fourth-order valence-corrected chi connectivity index (χ4v) is 2.36. The zero-order chi connectivity index (χ0) is 14.6. The average molecular weight is 345 g/mol. The summed E-state index contributed by atoms with van der Waals surface area (Å²) in [5.74, 6) is 0. The zero-order valence-electron chi connectivity index (χ0n) is 12.4. The SMILES string of the molecule is CCCNC(CCOCCOC)Cc1cncc(Br)c1. The van der Waals surface area contributed by atoms with Gasteiger partial charge in [-0.3, -0.25) is 4.98 Å². The minimum atomic E-state index is 0.425. The first kappa shape index (κ1) is 17.6. The van der Waals surface area contributed by atoms with Crippen LogP contribution in [0.15, 0.2) is 22.9 Å². The smallest absolute Gasteiger partial charge is 0.0700 e. The topological polar surface area (TPSA) is 43.4 Å². The number of nitrogens with one attached hydrogen (secondary N) is 1. The van der Waals surface area contributed by atoms with E-state index in [0.717, 1.165) is 36.9 Å². The van der Waals surface area contributed by atoms with E-state index in [-0.39, 0.29) is 0 Å². The van der Waals surface area contributed by atoms with Gasteiger partial charge < -0.3 is 14.8 Å². The molecule has 0 bridgehead atoms. The Morgan fingerprint density at radius 2 is 2.15 bits per heavy atom. The number of pyridine rings is 1. The normalized spacial score (nSPS) is 12.6. The van der Waals surface area contributed by atoms with Crippen molar-refractivity contribution in [3.63, 3.8) is 0 Å². The van der Waals surface area contributed by atoms with Gasteiger partial charge in [-0.05, 0) is 53.4 Å². The third kappa shape index (κ3) is 7.94. The highest BCUT2D eigenvalue weighted by atomic mass is 79.9. The molecule has 0 fully saturated rings. The number of aromatic nitrogens is 1. The first-order valence-electron chi connectivity index (χ1n) is 7.15. The molecule has 0 spiro atoms. The minimum Gasteiger partial charge on any atom is -0.382 e. The predicted octanol–water partition coefficient (Wildman–Crippen LogP) is 2.81. The predicted molar refractivity (Wildman–Crippen MR) is 85.0 cm³/mol. The number of halogens is 1. The maximum atomic E-state index is 5.56. The molecule has 0 amide bonds. The lowest BCUT2D eigenvalue weighted by atomic mass is 10.1. The highest BCUT2D eigenvalue weighted by molar-refractivity contribution is 9.10. The summed E-state index contributed by atoms with van der Waals surface area (Å²) in [5, 5.41) is 3.57. The first-order chi connectivity index (χ1) is 9.76. The maximum absolute atomic E-state index is 5.56. The van der Waals surface area contributed by atoms with Crippen molar-refractivity contribution >= 4 is 15.9 Å². The lowest BCUT2D eigenvalue weighted by molar-refractivity contribution is 0.0658. The molecule has 0 saturated heterocycles. The fraction of sp³-hybridized carbons (Fsp3) is 0.667. The lowest BCUT2D eigenvalue weighted by Crippen LogP contribution is -2.33. The summed E-state index contributed by atoms with van der Waals surface area (Å²) in [6, 6.07) is 2.55. The van der Waals surface area contributed by atoms with Gasteiger partial charge in [-0.25, -0.2) is 0 Å². The Bertz CT molecular complexity index is 363. The number of nitrogens with zero attached hydrogens (tertiary/aromatic N) is 1. The van der Waals surface area contributed by atoms with Crippen LogP contribution in [0.3, 0.4) is 0 Å². The monoisotopic (exact) mass is 344 g/mol. The summed E-state index contributed by atoms with van der Waals surface area (Å²) in [4.78, 5) is 4.22. The van der Waals surface area contributed by atoms with E-state index in [1.807, 2.05) is 12.4 Å². The van der Waals surface area contributed by atoms with Crippen molar-refractivity contribution in [2.75, 3.05) is 33.5 Å². The standard InChI is InChI=1S/C15H25BrN2O2/c1-3-5-18-15(4-6-20-8-7-19-2)10-13-9-14(16)12-17-11-13/h9,11-12,15,18H,3-8,10H2,1-2H3. The molecule has 0 aliphatic rings. The van der Waals surface area contributed by atoms with Crippen LogP contribution < -0.4 is 5.32 Å².